The molecule has 0 saturated heterocycles. The molecule has 1 heterocycles. The fraction of sp³-hybridized carbons (Fsp3) is 0.455. The monoisotopic (exact) mass is 211 g/mol. The van der Waals surface area contributed by atoms with Gasteiger partial charge in [0.15, 0.2) is 0 Å². The summed E-state index contributed by atoms with van der Waals surface area (Å²) in [6, 6.07) is 3.84. The summed E-state index contributed by atoms with van der Waals surface area (Å²) < 4.78 is 5.49. The Labute approximate surface area is 89.0 Å². The van der Waals surface area contributed by atoms with Gasteiger partial charge in [0, 0.05) is 17.0 Å². The topological polar surface area (TPSA) is 35.2 Å². The minimum Gasteiger partial charge on any atom is -0.493 e. The first kappa shape index (κ1) is 9.81. The lowest BCUT2D eigenvalue weighted by Crippen LogP contribution is -2.11. The second-order valence-electron chi connectivity index (χ2n) is 3.67. The molecule has 1 atom stereocenters. The van der Waals surface area contributed by atoms with Gasteiger partial charge in [-0.05, 0) is 30.2 Å². The minimum atomic E-state index is 0.305. The summed E-state index contributed by atoms with van der Waals surface area (Å²) in [4.78, 5) is 0. The van der Waals surface area contributed by atoms with E-state index < -0.39 is 0 Å². The molecule has 2 N–H and O–H groups in total. The van der Waals surface area contributed by atoms with Crippen molar-refractivity contribution in [2.75, 3.05) is 13.2 Å². The lowest BCUT2D eigenvalue weighted by atomic mass is 9.94. The lowest BCUT2D eigenvalue weighted by Gasteiger charge is -2.14. The summed E-state index contributed by atoms with van der Waals surface area (Å²) in [6.45, 7) is 3.48. The van der Waals surface area contributed by atoms with Crippen LogP contribution < -0.4 is 10.5 Å². The van der Waals surface area contributed by atoms with Gasteiger partial charge >= 0.3 is 0 Å². The molecule has 0 aliphatic carbocycles. The van der Waals surface area contributed by atoms with Crippen LogP contribution in [-0.4, -0.2) is 13.2 Å². The fourth-order valence-electron chi connectivity index (χ4n) is 1.92. The van der Waals surface area contributed by atoms with Crippen molar-refractivity contribution in [3.63, 3.8) is 0 Å². The maximum absolute atomic E-state index is 6.17. The van der Waals surface area contributed by atoms with Crippen LogP contribution in [0.25, 0.3) is 0 Å². The van der Waals surface area contributed by atoms with Crippen LogP contribution in [0.5, 0.6) is 5.75 Å². The van der Waals surface area contributed by atoms with Crippen molar-refractivity contribution >= 4 is 11.6 Å². The Balaban J connectivity index is 2.51. The van der Waals surface area contributed by atoms with Gasteiger partial charge in [0.1, 0.15) is 5.75 Å². The normalized spacial score (nSPS) is 16.2. The first-order valence-corrected chi connectivity index (χ1v) is 5.26. The Morgan fingerprint density at radius 3 is 3.07 bits per heavy atom. The van der Waals surface area contributed by atoms with E-state index in [0.29, 0.717) is 12.5 Å². The van der Waals surface area contributed by atoms with E-state index in [9.17, 15) is 0 Å². The van der Waals surface area contributed by atoms with Gasteiger partial charge in [0.2, 0.25) is 0 Å². The van der Waals surface area contributed by atoms with E-state index in [1.165, 1.54) is 11.1 Å². The average Bonchev–Trinajstić information content (AvgIpc) is 2.64. The van der Waals surface area contributed by atoms with Crippen molar-refractivity contribution < 1.29 is 4.74 Å². The van der Waals surface area contributed by atoms with Crippen LogP contribution in [0, 0.1) is 0 Å². The van der Waals surface area contributed by atoms with Crippen molar-refractivity contribution in [2.24, 2.45) is 5.73 Å². The number of ether oxygens (including phenoxy) is 1. The van der Waals surface area contributed by atoms with E-state index in [0.717, 1.165) is 23.8 Å². The molecule has 0 amide bonds. The van der Waals surface area contributed by atoms with Gasteiger partial charge in [-0.3, -0.25) is 0 Å². The molecular weight excluding hydrogens is 198 g/mol. The molecule has 1 aliphatic heterocycles. The van der Waals surface area contributed by atoms with Crippen LogP contribution in [0.15, 0.2) is 12.1 Å². The largest absolute Gasteiger partial charge is 0.493 e. The molecule has 0 bridgehead atoms. The standard InChI is InChI=1S/C11H14ClNO/c1-7(6-13)11-8-4-5-14-10(8)3-2-9(11)12/h2-3,7H,4-6,13H2,1H3. The third kappa shape index (κ3) is 1.49. The van der Waals surface area contributed by atoms with E-state index in [2.05, 4.69) is 6.92 Å². The summed E-state index contributed by atoms with van der Waals surface area (Å²) >= 11 is 6.17. The third-order valence-corrected chi connectivity index (χ3v) is 3.05. The van der Waals surface area contributed by atoms with Gasteiger partial charge in [-0.2, -0.15) is 0 Å². The molecule has 76 valence electrons. The third-order valence-electron chi connectivity index (χ3n) is 2.72. The predicted octanol–water partition coefficient (Wildman–Crippen LogP) is 2.34. The van der Waals surface area contributed by atoms with Gasteiger partial charge in [-0.15, -0.1) is 0 Å². The number of halogens is 1. The number of rotatable bonds is 2. The summed E-state index contributed by atoms with van der Waals surface area (Å²) in [6.07, 6.45) is 0.954. The Bertz CT molecular complexity index is 351. The molecule has 0 aromatic heterocycles. The van der Waals surface area contributed by atoms with Gasteiger partial charge in [-0.25, -0.2) is 0 Å². The Kier molecular flexibility index (Phi) is 2.66. The molecule has 1 aromatic rings. The quantitative estimate of drug-likeness (QED) is 0.815. The van der Waals surface area contributed by atoms with E-state index in [-0.39, 0.29) is 0 Å². The minimum absolute atomic E-state index is 0.305. The van der Waals surface area contributed by atoms with Crippen molar-refractivity contribution in [3.8, 4) is 5.75 Å². The Morgan fingerprint density at radius 2 is 2.36 bits per heavy atom. The van der Waals surface area contributed by atoms with Crippen molar-refractivity contribution in [2.45, 2.75) is 19.3 Å². The van der Waals surface area contributed by atoms with Crippen LogP contribution in [-0.2, 0) is 6.42 Å². The number of nitrogens with two attached hydrogens (primary N) is 1. The summed E-state index contributed by atoms with van der Waals surface area (Å²) in [7, 11) is 0. The highest BCUT2D eigenvalue weighted by Gasteiger charge is 2.21. The van der Waals surface area contributed by atoms with E-state index in [1.807, 2.05) is 12.1 Å². The van der Waals surface area contributed by atoms with E-state index >= 15 is 0 Å². The van der Waals surface area contributed by atoms with Crippen molar-refractivity contribution in [1.82, 2.24) is 0 Å². The molecule has 14 heavy (non-hydrogen) atoms. The molecule has 0 radical (unpaired) electrons. The zero-order valence-electron chi connectivity index (χ0n) is 8.22. The molecule has 1 aliphatic rings. The van der Waals surface area contributed by atoms with Gasteiger partial charge < -0.3 is 10.5 Å². The number of fused-ring (bicyclic) bond motifs is 1. The van der Waals surface area contributed by atoms with E-state index in [4.69, 9.17) is 22.1 Å². The van der Waals surface area contributed by atoms with Crippen molar-refractivity contribution in [3.05, 3.63) is 28.3 Å². The first-order chi connectivity index (χ1) is 6.74. The van der Waals surface area contributed by atoms with Gasteiger partial charge in [0.25, 0.3) is 0 Å². The Morgan fingerprint density at radius 1 is 1.57 bits per heavy atom. The zero-order chi connectivity index (χ0) is 10.1. The Hall–Kier alpha value is -0.730. The van der Waals surface area contributed by atoms with Crippen molar-refractivity contribution in [1.29, 1.82) is 0 Å². The SMILES string of the molecule is CC(CN)c1c(Cl)ccc2c1CCO2. The molecule has 0 saturated carbocycles. The lowest BCUT2D eigenvalue weighted by molar-refractivity contribution is 0.357. The smallest absolute Gasteiger partial charge is 0.123 e. The second-order valence-corrected chi connectivity index (χ2v) is 4.08. The molecule has 1 unspecified atom stereocenters. The van der Waals surface area contributed by atoms with Crippen LogP contribution in [0.2, 0.25) is 5.02 Å². The van der Waals surface area contributed by atoms with E-state index in [1.54, 1.807) is 0 Å². The molecule has 0 spiro atoms. The van der Waals surface area contributed by atoms with Crippen LogP contribution in [0.4, 0.5) is 0 Å². The van der Waals surface area contributed by atoms with Crippen LogP contribution in [0.3, 0.4) is 0 Å². The van der Waals surface area contributed by atoms with Crippen LogP contribution in [0.1, 0.15) is 24.0 Å². The van der Waals surface area contributed by atoms with Gasteiger partial charge in [-0.1, -0.05) is 18.5 Å². The number of hydrogen-bond acceptors (Lipinski definition) is 2. The maximum atomic E-state index is 6.17. The molecular formula is C11H14ClNO. The molecule has 2 nitrogen and oxygen atoms in total. The predicted molar refractivity (Wildman–Crippen MR) is 58.1 cm³/mol. The fourth-order valence-corrected chi connectivity index (χ4v) is 2.29. The number of benzene rings is 1. The first-order valence-electron chi connectivity index (χ1n) is 4.88. The summed E-state index contributed by atoms with van der Waals surface area (Å²) in [5, 5.41) is 0.812. The molecule has 0 fully saturated rings. The second kappa shape index (κ2) is 3.79. The maximum Gasteiger partial charge on any atom is 0.123 e. The van der Waals surface area contributed by atoms with Gasteiger partial charge in [0.05, 0.1) is 6.61 Å². The number of hydrogen-bond donors (Lipinski definition) is 1. The highest BCUT2D eigenvalue weighted by molar-refractivity contribution is 6.31. The zero-order valence-corrected chi connectivity index (χ0v) is 8.97. The average molecular weight is 212 g/mol. The summed E-state index contributed by atoms with van der Waals surface area (Å²) in [5.41, 5.74) is 8.08. The highest BCUT2D eigenvalue weighted by Crippen LogP contribution is 2.36. The molecule has 3 heteroatoms. The summed E-state index contributed by atoms with van der Waals surface area (Å²) in [5.74, 6) is 1.28. The van der Waals surface area contributed by atoms with Crippen LogP contribution >= 0.6 is 11.6 Å². The molecule has 2 rings (SSSR count). The molecule has 1 aromatic carbocycles. The highest BCUT2D eigenvalue weighted by atomic mass is 35.5.